The number of carbonyl (C=O) groups excluding carboxylic acids is 1. The van der Waals surface area contributed by atoms with Crippen molar-refractivity contribution in [3.05, 3.63) is 82.8 Å². The molecule has 2 N–H and O–H groups in total. The summed E-state index contributed by atoms with van der Waals surface area (Å²) in [5.74, 6) is 0.709. The summed E-state index contributed by atoms with van der Waals surface area (Å²) in [6.07, 6.45) is 2.97. The number of Topliss-reactive ketones (excluding diaryl/α,β-unsaturated/α-hetero) is 1. The van der Waals surface area contributed by atoms with Gasteiger partial charge in [0.15, 0.2) is 17.3 Å². The van der Waals surface area contributed by atoms with Gasteiger partial charge in [0.2, 0.25) is 0 Å². The number of carbonyl (C=O) groups is 1. The van der Waals surface area contributed by atoms with E-state index >= 15 is 0 Å². The van der Waals surface area contributed by atoms with Crippen molar-refractivity contribution in [2.45, 2.75) is 20.3 Å². The maximum atomic E-state index is 13.3. The summed E-state index contributed by atoms with van der Waals surface area (Å²) in [7, 11) is 0. The van der Waals surface area contributed by atoms with Crippen LogP contribution in [0.1, 0.15) is 29.8 Å². The first-order chi connectivity index (χ1) is 16.9. The van der Waals surface area contributed by atoms with Crippen LogP contribution in [0.2, 0.25) is 5.02 Å². The van der Waals surface area contributed by atoms with Crippen LogP contribution in [0.15, 0.2) is 60.8 Å². The van der Waals surface area contributed by atoms with Gasteiger partial charge in [0.05, 0.1) is 10.6 Å². The van der Waals surface area contributed by atoms with Crippen molar-refractivity contribution in [1.82, 2.24) is 4.98 Å². The molecule has 2 heterocycles. The number of ether oxygens (including phenoxy) is 2. The third-order valence-corrected chi connectivity index (χ3v) is 6.12. The Hall–Kier alpha value is -3.35. The number of fused-ring (bicyclic) bond motifs is 2. The van der Waals surface area contributed by atoms with Gasteiger partial charge in [-0.1, -0.05) is 42.8 Å². The standard InChI is InChI=1S/C16H12ClFO3.C12H15NO/c1-9(19)12-6-11(8-15-16(12)21-5-4-20-15)10-2-3-14(18)13(17)7-10;1-9(8-14)6-10-7-13-12-5-3-2-4-11(10)12/h2-3,6-8H,4-5H2,1H3;2-5,7,9,13-14H,6,8H2,1H3. The summed E-state index contributed by atoms with van der Waals surface area (Å²) >= 11 is 5.81. The monoisotopic (exact) mass is 495 g/mol. The maximum Gasteiger partial charge on any atom is 0.172 e. The Morgan fingerprint density at radius 3 is 2.63 bits per heavy atom. The Morgan fingerprint density at radius 1 is 1.11 bits per heavy atom. The lowest BCUT2D eigenvalue weighted by Crippen LogP contribution is -2.17. The molecule has 0 bridgehead atoms. The Morgan fingerprint density at radius 2 is 1.89 bits per heavy atom. The van der Waals surface area contributed by atoms with E-state index in [0.29, 0.717) is 41.8 Å². The second-order valence-electron chi connectivity index (χ2n) is 8.58. The number of aromatic nitrogens is 1. The largest absolute Gasteiger partial charge is 0.486 e. The lowest BCUT2D eigenvalue weighted by Gasteiger charge is -2.21. The number of para-hydroxylation sites is 1. The van der Waals surface area contributed by atoms with E-state index in [1.807, 2.05) is 18.3 Å². The summed E-state index contributed by atoms with van der Waals surface area (Å²) in [6.45, 7) is 4.61. The second kappa shape index (κ2) is 10.9. The molecule has 0 amide bonds. The van der Waals surface area contributed by atoms with Crippen LogP contribution in [0.5, 0.6) is 11.5 Å². The molecular weight excluding hydrogens is 469 g/mol. The number of H-pyrrole nitrogens is 1. The number of aliphatic hydroxyl groups excluding tert-OH is 1. The Labute approximate surface area is 208 Å². The number of nitrogens with one attached hydrogen (secondary N) is 1. The smallest absolute Gasteiger partial charge is 0.172 e. The van der Waals surface area contributed by atoms with Gasteiger partial charge in [-0.2, -0.15) is 0 Å². The van der Waals surface area contributed by atoms with E-state index in [2.05, 4.69) is 24.0 Å². The molecule has 5 rings (SSSR count). The van der Waals surface area contributed by atoms with Crippen molar-refractivity contribution in [3.8, 4) is 22.6 Å². The molecular formula is C28H27ClFNO4. The molecule has 0 spiro atoms. The quantitative estimate of drug-likeness (QED) is 0.312. The lowest BCUT2D eigenvalue weighted by molar-refractivity contribution is 0.100. The molecule has 0 saturated heterocycles. The van der Waals surface area contributed by atoms with E-state index in [1.165, 1.54) is 35.5 Å². The third kappa shape index (κ3) is 5.66. The highest BCUT2D eigenvalue weighted by Gasteiger charge is 2.21. The number of hydrogen-bond acceptors (Lipinski definition) is 4. The molecule has 4 aromatic rings. The van der Waals surface area contributed by atoms with Crippen molar-refractivity contribution in [2.75, 3.05) is 19.8 Å². The normalized spacial score (nSPS) is 13.2. The zero-order valence-corrected chi connectivity index (χ0v) is 20.4. The zero-order chi connectivity index (χ0) is 24.9. The molecule has 0 saturated carbocycles. The summed E-state index contributed by atoms with van der Waals surface area (Å²) < 4.78 is 24.3. The van der Waals surface area contributed by atoms with Gasteiger partial charge in [-0.15, -0.1) is 0 Å². The van der Waals surface area contributed by atoms with Gasteiger partial charge in [0.25, 0.3) is 0 Å². The SMILES string of the molecule is CC(=O)c1cc(-c2ccc(F)c(Cl)c2)cc2c1OCCO2.CC(CO)Cc1c[nH]c2ccccc12. The highest BCUT2D eigenvalue weighted by atomic mass is 35.5. The third-order valence-electron chi connectivity index (χ3n) is 5.83. The highest BCUT2D eigenvalue weighted by molar-refractivity contribution is 6.31. The van der Waals surface area contributed by atoms with E-state index in [0.717, 1.165) is 12.0 Å². The minimum Gasteiger partial charge on any atom is -0.486 e. The second-order valence-corrected chi connectivity index (χ2v) is 8.99. The van der Waals surface area contributed by atoms with Crippen LogP contribution in [0.25, 0.3) is 22.0 Å². The fourth-order valence-corrected chi connectivity index (χ4v) is 4.18. The first-order valence-electron chi connectivity index (χ1n) is 11.4. The van der Waals surface area contributed by atoms with Crippen LogP contribution in [0, 0.1) is 11.7 Å². The molecule has 7 heteroatoms. The average molecular weight is 496 g/mol. The lowest BCUT2D eigenvalue weighted by atomic mass is 9.99. The van der Waals surface area contributed by atoms with E-state index in [1.54, 1.807) is 18.2 Å². The fourth-order valence-electron chi connectivity index (χ4n) is 4.00. The first kappa shape index (κ1) is 24.8. The van der Waals surface area contributed by atoms with Gasteiger partial charge in [0.1, 0.15) is 19.0 Å². The molecule has 0 radical (unpaired) electrons. The van der Waals surface area contributed by atoms with E-state index in [4.69, 9.17) is 26.2 Å². The van der Waals surface area contributed by atoms with Crippen LogP contribution in [-0.2, 0) is 6.42 Å². The van der Waals surface area contributed by atoms with Crippen LogP contribution in [0.4, 0.5) is 4.39 Å². The van der Waals surface area contributed by atoms with Gasteiger partial charge in [-0.25, -0.2) is 4.39 Å². The number of rotatable bonds is 5. The number of aromatic amines is 1. The maximum absolute atomic E-state index is 13.3. The predicted molar refractivity (Wildman–Crippen MR) is 136 cm³/mol. The molecule has 1 aliphatic rings. The minimum atomic E-state index is -0.482. The van der Waals surface area contributed by atoms with Crippen molar-refractivity contribution in [2.24, 2.45) is 5.92 Å². The van der Waals surface area contributed by atoms with Gasteiger partial charge in [-0.05, 0) is 66.3 Å². The molecule has 35 heavy (non-hydrogen) atoms. The Kier molecular flexibility index (Phi) is 7.73. The molecule has 0 fully saturated rings. The fraction of sp³-hybridized carbons (Fsp3) is 0.250. The van der Waals surface area contributed by atoms with E-state index in [-0.39, 0.29) is 17.4 Å². The van der Waals surface area contributed by atoms with E-state index in [9.17, 15) is 9.18 Å². The van der Waals surface area contributed by atoms with Crippen LogP contribution >= 0.6 is 11.6 Å². The summed E-state index contributed by atoms with van der Waals surface area (Å²) in [6, 6.07) is 16.2. The molecule has 182 valence electrons. The van der Waals surface area contributed by atoms with Crippen molar-refractivity contribution >= 4 is 28.3 Å². The number of benzene rings is 3. The number of halogens is 2. The number of hydrogen-bond donors (Lipinski definition) is 2. The summed E-state index contributed by atoms with van der Waals surface area (Å²) in [5, 5.41) is 10.3. The van der Waals surface area contributed by atoms with Crippen molar-refractivity contribution in [1.29, 1.82) is 0 Å². The molecule has 1 aliphatic heterocycles. The summed E-state index contributed by atoms with van der Waals surface area (Å²) in [4.78, 5) is 15.0. The van der Waals surface area contributed by atoms with Crippen LogP contribution in [-0.4, -0.2) is 35.7 Å². The van der Waals surface area contributed by atoms with Gasteiger partial charge >= 0.3 is 0 Å². The molecule has 1 aromatic heterocycles. The Bertz CT molecular complexity index is 1350. The predicted octanol–water partition coefficient (Wildman–Crippen LogP) is 6.46. The summed E-state index contributed by atoms with van der Waals surface area (Å²) in [5.41, 5.74) is 4.35. The molecule has 1 atom stereocenters. The first-order valence-corrected chi connectivity index (χ1v) is 11.8. The molecule has 1 unspecified atom stereocenters. The van der Waals surface area contributed by atoms with Crippen molar-refractivity contribution < 1.29 is 23.8 Å². The van der Waals surface area contributed by atoms with Gasteiger partial charge < -0.3 is 19.6 Å². The number of ketones is 1. The van der Waals surface area contributed by atoms with Crippen LogP contribution in [0.3, 0.4) is 0 Å². The van der Waals surface area contributed by atoms with Crippen LogP contribution < -0.4 is 9.47 Å². The Balaban J connectivity index is 0.000000179. The number of aliphatic hydroxyl groups is 1. The van der Waals surface area contributed by atoms with Gasteiger partial charge in [0, 0.05) is 23.7 Å². The average Bonchev–Trinajstić information content (AvgIpc) is 3.28. The molecule has 0 aliphatic carbocycles. The zero-order valence-electron chi connectivity index (χ0n) is 19.6. The van der Waals surface area contributed by atoms with Crippen molar-refractivity contribution in [3.63, 3.8) is 0 Å². The van der Waals surface area contributed by atoms with Gasteiger partial charge in [-0.3, -0.25) is 4.79 Å². The molecule has 5 nitrogen and oxygen atoms in total. The topological polar surface area (TPSA) is 71.6 Å². The molecule has 3 aromatic carbocycles. The van der Waals surface area contributed by atoms with E-state index < -0.39 is 5.82 Å². The highest BCUT2D eigenvalue weighted by Crippen LogP contribution is 2.39. The minimum absolute atomic E-state index is 0.0340.